The highest BCUT2D eigenvalue weighted by Crippen LogP contribution is 2.22. The molecular weight excluding hydrogens is 320 g/mol. The standard InChI is InChI=1S/C19H22N2O4/c1-13-6-4-7-18(15(13)3)25-11-5-8-19(22)20-17-10-9-16(21(23)24)12-14(17)2/h4,6-7,9-10,12H,5,8,11H2,1-3H3,(H,20,22). The first-order valence-corrected chi connectivity index (χ1v) is 8.12. The number of carbonyl (C=O) groups excluding carboxylic acids is 1. The third kappa shape index (κ3) is 5.04. The van der Waals surface area contributed by atoms with Crippen molar-refractivity contribution in [3.8, 4) is 5.75 Å². The molecule has 0 aliphatic rings. The quantitative estimate of drug-likeness (QED) is 0.461. The SMILES string of the molecule is Cc1cc([N+](=O)[O-])ccc1NC(=O)CCCOc1cccc(C)c1C. The lowest BCUT2D eigenvalue weighted by Crippen LogP contribution is -2.13. The monoisotopic (exact) mass is 342 g/mol. The van der Waals surface area contributed by atoms with Crippen molar-refractivity contribution in [1.82, 2.24) is 0 Å². The van der Waals surface area contributed by atoms with E-state index in [1.54, 1.807) is 13.0 Å². The first-order valence-electron chi connectivity index (χ1n) is 8.12. The number of ether oxygens (including phenoxy) is 1. The van der Waals surface area contributed by atoms with Crippen molar-refractivity contribution in [2.75, 3.05) is 11.9 Å². The minimum Gasteiger partial charge on any atom is -0.493 e. The van der Waals surface area contributed by atoms with Crippen LogP contribution in [-0.4, -0.2) is 17.4 Å². The lowest BCUT2D eigenvalue weighted by Gasteiger charge is -2.11. The number of carbonyl (C=O) groups is 1. The third-order valence-electron chi connectivity index (χ3n) is 4.06. The summed E-state index contributed by atoms with van der Waals surface area (Å²) in [5, 5.41) is 13.5. The van der Waals surface area contributed by atoms with Gasteiger partial charge in [0.2, 0.25) is 5.91 Å². The van der Waals surface area contributed by atoms with Gasteiger partial charge >= 0.3 is 0 Å². The molecule has 0 spiro atoms. The zero-order valence-electron chi connectivity index (χ0n) is 14.7. The van der Waals surface area contributed by atoms with Crippen molar-refractivity contribution in [3.05, 3.63) is 63.2 Å². The summed E-state index contributed by atoms with van der Waals surface area (Å²) < 4.78 is 5.73. The molecular formula is C19H22N2O4. The van der Waals surface area contributed by atoms with E-state index in [9.17, 15) is 14.9 Å². The zero-order valence-corrected chi connectivity index (χ0v) is 14.7. The normalized spacial score (nSPS) is 10.4. The topological polar surface area (TPSA) is 81.5 Å². The van der Waals surface area contributed by atoms with Crippen LogP contribution < -0.4 is 10.1 Å². The maximum absolute atomic E-state index is 12.0. The third-order valence-corrected chi connectivity index (χ3v) is 4.06. The molecule has 0 bridgehead atoms. The van der Waals surface area contributed by atoms with Gasteiger partial charge in [0.1, 0.15) is 5.75 Å². The average molecular weight is 342 g/mol. The number of aryl methyl sites for hydroxylation is 2. The first-order chi connectivity index (χ1) is 11.9. The molecule has 0 atom stereocenters. The summed E-state index contributed by atoms with van der Waals surface area (Å²) in [5.41, 5.74) is 3.54. The number of benzene rings is 2. The fourth-order valence-corrected chi connectivity index (χ4v) is 2.41. The highest BCUT2D eigenvalue weighted by molar-refractivity contribution is 5.91. The van der Waals surface area contributed by atoms with Crippen LogP contribution in [0.15, 0.2) is 36.4 Å². The lowest BCUT2D eigenvalue weighted by molar-refractivity contribution is -0.384. The van der Waals surface area contributed by atoms with Gasteiger partial charge < -0.3 is 10.1 Å². The molecule has 6 heteroatoms. The molecule has 6 nitrogen and oxygen atoms in total. The molecule has 2 aromatic rings. The van der Waals surface area contributed by atoms with E-state index in [-0.39, 0.29) is 11.6 Å². The van der Waals surface area contributed by atoms with Crippen molar-refractivity contribution in [3.63, 3.8) is 0 Å². The van der Waals surface area contributed by atoms with Crippen molar-refractivity contribution >= 4 is 17.3 Å². The number of amides is 1. The van der Waals surface area contributed by atoms with Crippen LogP contribution in [0, 0.1) is 30.9 Å². The van der Waals surface area contributed by atoms with E-state index in [1.165, 1.54) is 17.7 Å². The van der Waals surface area contributed by atoms with Gasteiger partial charge in [-0.3, -0.25) is 14.9 Å². The maximum Gasteiger partial charge on any atom is 0.269 e. The molecule has 0 saturated carbocycles. The summed E-state index contributed by atoms with van der Waals surface area (Å²) in [6.45, 7) is 6.22. The number of hydrogen-bond acceptors (Lipinski definition) is 4. The minimum absolute atomic E-state index is 0.0115. The van der Waals surface area contributed by atoms with Gasteiger partial charge in [-0.1, -0.05) is 12.1 Å². The largest absolute Gasteiger partial charge is 0.493 e. The Balaban J connectivity index is 1.81. The van der Waals surface area contributed by atoms with Gasteiger partial charge in [-0.15, -0.1) is 0 Å². The van der Waals surface area contributed by atoms with E-state index in [0.29, 0.717) is 30.7 Å². The number of nitro groups is 1. The smallest absolute Gasteiger partial charge is 0.269 e. The highest BCUT2D eigenvalue weighted by atomic mass is 16.6. The Labute approximate surface area is 147 Å². The predicted molar refractivity (Wildman–Crippen MR) is 97.1 cm³/mol. The number of non-ortho nitro benzene ring substituents is 1. The van der Waals surface area contributed by atoms with Crippen molar-refractivity contribution in [2.45, 2.75) is 33.6 Å². The predicted octanol–water partition coefficient (Wildman–Crippen LogP) is 4.32. The minimum atomic E-state index is -0.455. The van der Waals surface area contributed by atoms with Crippen LogP contribution in [0.25, 0.3) is 0 Å². The van der Waals surface area contributed by atoms with E-state index in [1.807, 2.05) is 32.0 Å². The number of anilines is 1. The van der Waals surface area contributed by atoms with Gasteiger partial charge in [-0.05, 0) is 56.0 Å². The molecule has 0 saturated heterocycles. The lowest BCUT2D eigenvalue weighted by atomic mass is 10.1. The van der Waals surface area contributed by atoms with Crippen LogP contribution in [0.3, 0.4) is 0 Å². The Morgan fingerprint density at radius 3 is 2.60 bits per heavy atom. The van der Waals surface area contributed by atoms with Crippen LogP contribution in [0.2, 0.25) is 0 Å². The van der Waals surface area contributed by atoms with Crippen LogP contribution in [-0.2, 0) is 4.79 Å². The van der Waals surface area contributed by atoms with Gasteiger partial charge in [0.05, 0.1) is 11.5 Å². The molecule has 0 aliphatic carbocycles. The molecule has 1 amide bonds. The Hall–Kier alpha value is -2.89. The van der Waals surface area contributed by atoms with Gasteiger partial charge in [-0.25, -0.2) is 0 Å². The molecule has 0 fully saturated rings. The van der Waals surface area contributed by atoms with E-state index < -0.39 is 4.92 Å². The Morgan fingerprint density at radius 2 is 1.92 bits per heavy atom. The number of hydrogen-bond donors (Lipinski definition) is 1. The summed E-state index contributed by atoms with van der Waals surface area (Å²) in [7, 11) is 0. The first kappa shape index (κ1) is 18.4. The van der Waals surface area contributed by atoms with Gasteiger partial charge in [0, 0.05) is 24.2 Å². The molecule has 1 N–H and O–H groups in total. The fraction of sp³-hybridized carbons (Fsp3) is 0.316. The Bertz CT molecular complexity index is 787. The Morgan fingerprint density at radius 1 is 1.16 bits per heavy atom. The summed E-state index contributed by atoms with van der Waals surface area (Å²) in [4.78, 5) is 22.3. The fourth-order valence-electron chi connectivity index (χ4n) is 2.41. The number of nitrogens with one attached hydrogen (secondary N) is 1. The summed E-state index contributed by atoms with van der Waals surface area (Å²) in [6, 6.07) is 10.3. The van der Waals surface area contributed by atoms with E-state index in [4.69, 9.17) is 4.74 Å². The van der Waals surface area contributed by atoms with Gasteiger partial charge in [-0.2, -0.15) is 0 Å². The molecule has 0 unspecified atom stereocenters. The molecule has 0 radical (unpaired) electrons. The van der Waals surface area contributed by atoms with Gasteiger partial charge in [0.25, 0.3) is 5.69 Å². The Kier molecular flexibility index (Phi) is 6.11. The highest BCUT2D eigenvalue weighted by Gasteiger charge is 2.10. The zero-order chi connectivity index (χ0) is 18.4. The van der Waals surface area contributed by atoms with Crippen molar-refractivity contribution < 1.29 is 14.5 Å². The van der Waals surface area contributed by atoms with Crippen molar-refractivity contribution in [2.24, 2.45) is 0 Å². The molecule has 0 heterocycles. The van der Waals surface area contributed by atoms with Crippen LogP contribution in [0.5, 0.6) is 5.75 Å². The summed E-state index contributed by atoms with van der Waals surface area (Å²) >= 11 is 0. The van der Waals surface area contributed by atoms with Crippen LogP contribution in [0.1, 0.15) is 29.5 Å². The van der Waals surface area contributed by atoms with E-state index >= 15 is 0 Å². The number of rotatable bonds is 7. The molecule has 2 aromatic carbocycles. The average Bonchev–Trinajstić information content (AvgIpc) is 2.57. The molecule has 25 heavy (non-hydrogen) atoms. The van der Waals surface area contributed by atoms with Crippen LogP contribution >= 0.6 is 0 Å². The van der Waals surface area contributed by atoms with Crippen molar-refractivity contribution in [1.29, 1.82) is 0 Å². The second-order valence-corrected chi connectivity index (χ2v) is 5.95. The molecule has 132 valence electrons. The maximum atomic E-state index is 12.0. The molecule has 2 rings (SSSR count). The summed E-state index contributed by atoms with van der Waals surface area (Å²) in [5.74, 6) is 0.702. The molecule has 0 aromatic heterocycles. The van der Waals surface area contributed by atoms with Crippen LogP contribution in [0.4, 0.5) is 11.4 Å². The van der Waals surface area contributed by atoms with Gasteiger partial charge in [0.15, 0.2) is 0 Å². The number of nitrogens with zero attached hydrogens (tertiary/aromatic N) is 1. The van der Waals surface area contributed by atoms with E-state index in [0.717, 1.165) is 11.3 Å². The second kappa shape index (κ2) is 8.28. The van der Waals surface area contributed by atoms with E-state index in [2.05, 4.69) is 5.32 Å². The number of nitro benzene ring substituents is 1. The molecule has 0 aliphatic heterocycles. The summed E-state index contributed by atoms with van der Waals surface area (Å²) in [6.07, 6.45) is 0.909. The second-order valence-electron chi connectivity index (χ2n) is 5.95.